The quantitative estimate of drug-likeness (QED) is 0.0880. The first-order valence-electron chi connectivity index (χ1n) is 16.4. The van der Waals surface area contributed by atoms with E-state index >= 15 is 0 Å². The van der Waals surface area contributed by atoms with Gasteiger partial charge < -0.3 is 14.2 Å². The lowest BCUT2D eigenvalue weighted by Crippen LogP contribution is -2.27. The van der Waals surface area contributed by atoms with E-state index in [9.17, 15) is 0 Å². The van der Waals surface area contributed by atoms with E-state index in [-0.39, 0.29) is 6.10 Å². The second-order valence-corrected chi connectivity index (χ2v) is 12.1. The van der Waals surface area contributed by atoms with Crippen LogP contribution in [0.4, 0.5) is 0 Å². The number of ether oxygens (including phenoxy) is 3. The molecule has 2 aromatic rings. The molecule has 41 heavy (non-hydrogen) atoms. The average Bonchev–Trinajstić information content (AvgIpc) is 3.01. The number of thioether (sulfide) groups is 1. The summed E-state index contributed by atoms with van der Waals surface area (Å²) in [5.74, 6) is 1.73. The van der Waals surface area contributed by atoms with Crippen LogP contribution in [0.2, 0.25) is 0 Å². The molecule has 0 saturated heterocycles. The Balaban J connectivity index is 1.42. The largest absolute Gasteiger partial charge is 0.457 e. The molecule has 0 aliphatic rings. The second kappa shape index (κ2) is 27.2. The zero-order valence-electron chi connectivity index (χ0n) is 25.9. The van der Waals surface area contributed by atoms with Gasteiger partial charge in [-0.2, -0.15) is 11.8 Å². The molecule has 2 aromatic heterocycles. The van der Waals surface area contributed by atoms with E-state index < -0.39 is 0 Å². The molecule has 2 rings (SSSR count). The summed E-state index contributed by atoms with van der Waals surface area (Å²) in [6.45, 7) is 5.04. The molecule has 0 saturated carbocycles. The van der Waals surface area contributed by atoms with Gasteiger partial charge in [-0.25, -0.2) is 9.97 Å². The van der Waals surface area contributed by atoms with Crippen molar-refractivity contribution >= 4 is 11.8 Å². The minimum atomic E-state index is -0.0722. The maximum atomic E-state index is 6.02. The Bertz CT molecular complexity index is 800. The van der Waals surface area contributed by atoms with E-state index in [1.165, 1.54) is 96.3 Å². The number of unbranched alkanes of at least 4 members (excludes halogenated alkanes) is 15. The maximum Gasteiger partial charge on any atom is 0.316 e. The number of hydrogen-bond acceptors (Lipinski definition) is 7. The number of pyridine rings is 1. The Hall–Kier alpha value is -1.70. The van der Waals surface area contributed by atoms with Gasteiger partial charge >= 0.3 is 6.01 Å². The van der Waals surface area contributed by atoms with Gasteiger partial charge in [0.05, 0.1) is 19.8 Å². The second-order valence-electron chi connectivity index (χ2n) is 10.9. The zero-order valence-corrected chi connectivity index (χ0v) is 26.7. The minimum absolute atomic E-state index is 0.0722. The molecule has 0 aliphatic carbocycles. The summed E-state index contributed by atoms with van der Waals surface area (Å²) in [5, 5.41) is 0. The van der Waals surface area contributed by atoms with E-state index in [4.69, 9.17) is 14.2 Å². The van der Waals surface area contributed by atoms with Gasteiger partial charge in [-0.15, -0.1) is 0 Å². The predicted octanol–water partition coefficient (Wildman–Crippen LogP) is 8.89. The van der Waals surface area contributed by atoms with Crippen molar-refractivity contribution in [3.63, 3.8) is 0 Å². The van der Waals surface area contributed by atoms with E-state index in [0.29, 0.717) is 25.8 Å². The van der Waals surface area contributed by atoms with E-state index in [1.807, 2.05) is 36.2 Å². The Morgan fingerprint density at radius 2 is 1.24 bits per heavy atom. The molecule has 0 radical (unpaired) electrons. The van der Waals surface area contributed by atoms with Crippen molar-refractivity contribution in [2.24, 2.45) is 0 Å². The van der Waals surface area contributed by atoms with E-state index in [2.05, 4.69) is 21.9 Å². The standard InChI is InChI=1S/C34H57N3O3S/c1-2-3-4-5-6-7-8-9-10-11-12-13-14-15-16-19-26-39-30-33(40-34-36-24-20-25-37-34)31-41-29-28-38-27-22-32-21-17-18-23-35-32/h17-18,20-21,23-25,33H,2-16,19,22,26-31H2,1H3. The van der Waals surface area contributed by atoms with Crippen molar-refractivity contribution in [2.75, 3.05) is 37.9 Å². The summed E-state index contributed by atoms with van der Waals surface area (Å²) in [5.41, 5.74) is 1.07. The van der Waals surface area contributed by atoms with Crippen molar-refractivity contribution in [1.82, 2.24) is 15.0 Å². The molecule has 1 atom stereocenters. The molecule has 0 aliphatic heterocycles. The zero-order chi connectivity index (χ0) is 28.9. The third-order valence-corrected chi connectivity index (χ3v) is 8.23. The predicted molar refractivity (Wildman–Crippen MR) is 173 cm³/mol. The van der Waals surface area contributed by atoms with Gasteiger partial charge in [0.1, 0.15) is 6.10 Å². The van der Waals surface area contributed by atoms with Crippen LogP contribution in [0.1, 0.15) is 115 Å². The SMILES string of the molecule is CCCCCCCCCCCCCCCCCCOCC(CSCCOCCc1ccccn1)Oc1ncccn1. The molecule has 1 unspecified atom stereocenters. The molecule has 6 nitrogen and oxygen atoms in total. The highest BCUT2D eigenvalue weighted by Crippen LogP contribution is 2.14. The van der Waals surface area contributed by atoms with Crippen molar-refractivity contribution in [3.05, 3.63) is 48.5 Å². The number of aromatic nitrogens is 3. The highest BCUT2D eigenvalue weighted by Gasteiger charge is 2.13. The molecule has 2 heterocycles. The Morgan fingerprint density at radius 3 is 1.85 bits per heavy atom. The fourth-order valence-electron chi connectivity index (χ4n) is 4.74. The highest BCUT2D eigenvalue weighted by molar-refractivity contribution is 7.99. The first kappa shape index (κ1) is 35.5. The average molecular weight is 588 g/mol. The first-order valence-corrected chi connectivity index (χ1v) is 17.6. The molecule has 0 aromatic carbocycles. The lowest BCUT2D eigenvalue weighted by Gasteiger charge is -2.17. The van der Waals surface area contributed by atoms with E-state index in [0.717, 1.165) is 36.6 Å². The molecule has 0 amide bonds. The Labute approximate surface area is 255 Å². The van der Waals surface area contributed by atoms with Crippen LogP contribution in [0, 0.1) is 0 Å². The van der Waals surface area contributed by atoms with Gasteiger partial charge in [-0.05, 0) is 24.6 Å². The number of rotatable bonds is 29. The van der Waals surface area contributed by atoms with Gasteiger partial charge in [-0.3, -0.25) is 4.98 Å². The summed E-state index contributed by atoms with van der Waals surface area (Å²) in [6.07, 6.45) is 28.1. The lowest BCUT2D eigenvalue weighted by atomic mass is 10.0. The molecule has 7 heteroatoms. The van der Waals surface area contributed by atoms with Gasteiger partial charge in [0.25, 0.3) is 0 Å². The van der Waals surface area contributed by atoms with Gasteiger partial charge in [-0.1, -0.05) is 109 Å². The molecule has 232 valence electrons. The smallest absolute Gasteiger partial charge is 0.316 e. The van der Waals surface area contributed by atoms with Gasteiger partial charge in [0.2, 0.25) is 0 Å². The van der Waals surface area contributed by atoms with Crippen LogP contribution >= 0.6 is 11.8 Å². The van der Waals surface area contributed by atoms with Crippen LogP contribution in [-0.4, -0.2) is 59.0 Å². The molecule has 0 bridgehead atoms. The third kappa shape index (κ3) is 21.6. The summed E-state index contributed by atoms with van der Waals surface area (Å²) in [4.78, 5) is 12.8. The van der Waals surface area contributed by atoms with Crippen LogP contribution in [0.25, 0.3) is 0 Å². The van der Waals surface area contributed by atoms with Gasteiger partial charge in [0, 0.05) is 48.8 Å². The Kier molecular flexibility index (Phi) is 23.5. The van der Waals surface area contributed by atoms with Gasteiger partial charge in [0.15, 0.2) is 0 Å². The van der Waals surface area contributed by atoms with Crippen LogP contribution in [0.3, 0.4) is 0 Å². The van der Waals surface area contributed by atoms with Crippen molar-refractivity contribution < 1.29 is 14.2 Å². The minimum Gasteiger partial charge on any atom is -0.457 e. The maximum absolute atomic E-state index is 6.02. The molecular formula is C34H57N3O3S. The van der Waals surface area contributed by atoms with Crippen LogP contribution in [0.15, 0.2) is 42.9 Å². The van der Waals surface area contributed by atoms with Crippen molar-refractivity contribution in [1.29, 1.82) is 0 Å². The van der Waals surface area contributed by atoms with Crippen molar-refractivity contribution in [2.45, 2.75) is 122 Å². The van der Waals surface area contributed by atoms with E-state index in [1.54, 1.807) is 18.5 Å². The van der Waals surface area contributed by atoms with Crippen molar-refractivity contribution in [3.8, 4) is 6.01 Å². The molecule has 0 N–H and O–H groups in total. The van der Waals surface area contributed by atoms with Crippen LogP contribution < -0.4 is 4.74 Å². The fourth-order valence-corrected chi connectivity index (χ4v) is 5.57. The fraction of sp³-hybridized carbons (Fsp3) is 0.735. The van der Waals surface area contributed by atoms with Crippen LogP contribution in [0.5, 0.6) is 6.01 Å². The summed E-state index contributed by atoms with van der Waals surface area (Å²) < 4.78 is 17.8. The molecule has 0 spiro atoms. The summed E-state index contributed by atoms with van der Waals surface area (Å²) in [7, 11) is 0. The lowest BCUT2D eigenvalue weighted by molar-refractivity contribution is 0.0541. The number of hydrogen-bond donors (Lipinski definition) is 0. The molecule has 0 fully saturated rings. The van der Waals surface area contributed by atoms with Crippen LogP contribution in [-0.2, 0) is 15.9 Å². The monoisotopic (exact) mass is 587 g/mol. The summed E-state index contributed by atoms with van der Waals surface area (Å²) >= 11 is 1.82. The normalized spacial score (nSPS) is 12.0. The Morgan fingerprint density at radius 1 is 0.634 bits per heavy atom. The third-order valence-electron chi connectivity index (χ3n) is 7.16. The summed E-state index contributed by atoms with van der Waals surface area (Å²) in [6, 6.07) is 8.19. The first-order chi connectivity index (χ1) is 20.4. The highest BCUT2D eigenvalue weighted by atomic mass is 32.2. The topological polar surface area (TPSA) is 66.4 Å². The number of nitrogens with zero attached hydrogens (tertiary/aromatic N) is 3. The molecular weight excluding hydrogens is 530 g/mol.